The lowest BCUT2D eigenvalue weighted by atomic mass is 10.1. The predicted molar refractivity (Wildman–Crippen MR) is 116 cm³/mol. The normalized spacial score (nSPS) is 11.8. The number of amidine groups is 1. The standard InChI is InChI=1S/C22H19F3N4S/c23-22(24,25)18-10-8-16(9-11-18)13-20(28-19-6-2-1-3-7-19)29-21(30)27-15-17-5-4-12-26-14-17/h1-12,14H,13,15H2,(H2,27,28,29,30). The van der Waals surface area contributed by atoms with Crippen molar-refractivity contribution in [3.63, 3.8) is 0 Å². The summed E-state index contributed by atoms with van der Waals surface area (Å²) in [6.07, 6.45) is -0.659. The van der Waals surface area contributed by atoms with E-state index in [2.05, 4.69) is 20.6 Å². The molecule has 1 heterocycles. The lowest BCUT2D eigenvalue weighted by molar-refractivity contribution is -0.137. The largest absolute Gasteiger partial charge is 0.416 e. The lowest BCUT2D eigenvalue weighted by Crippen LogP contribution is -2.24. The topological polar surface area (TPSA) is 49.3 Å². The van der Waals surface area contributed by atoms with E-state index in [4.69, 9.17) is 12.2 Å². The highest BCUT2D eigenvalue weighted by Gasteiger charge is 2.29. The van der Waals surface area contributed by atoms with E-state index >= 15 is 0 Å². The molecule has 0 aliphatic heterocycles. The molecule has 0 unspecified atom stereocenters. The van der Waals surface area contributed by atoms with Gasteiger partial charge in [0, 0.05) is 31.0 Å². The average Bonchev–Trinajstić information content (AvgIpc) is 2.73. The zero-order valence-electron chi connectivity index (χ0n) is 15.9. The molecule has 154 valence electrons. The Morgan fingerprint density at radius 3 is 2.30 bits per heavy atom. The molecule has 3 aromatic rings. The third-order valence-electron chi connectivity index (χ3n) is 4.12. The molecule has 0 spiro atoms. The van der Waals surface area contributed by atoms with Crippen LogP contribution in [0.25, 0.3) is 0 Å². The molecule has 0 fully saturated rings. The van der Waals surface area contributed by atoms with Gasteiger partial charge in [0.1, 0.15) is 5.84 Å². The summed E-state index contributed by atoms with van der Waals surface area (Å²) in [6.45, 7) is 0.467. The number of thiocarbonyl (C=S) groups is 1. The van der Waals surface area contributed by atoms with Gasteiger partial charge in [-0.05, 0) is 53.7 Å². The van der Waals surface area contributed by atoms with Crippen LogP contribution in [0.15, 0.2) is 84.1 Å². The van der Waals surface area contributed by atoms with Gasteiger partial charge in [-0.15, -0.1) is 0 Å². The summed E-state index contributed by atoms with van der Waals surface area (Å²) in [4.78, 5) is 8.48. The van der Waals surface area contributed by atoms with Crippen LogP contribution in [-0.2, 0) is 19.1 Å². The van der Waals surface area contributed by atoms with E-state index in [1.807, 2.05) is 42.5 Å². The summed E-state index contributed by atoms with van der Waals surface area (Å²) >= 11 is 5.32. The van der Waals surface area contributed by atoms with Gasteiger partial charge in [0.15, 0.2) is 5.11 Å². The zero-order valence-corrected chi connectivity index (χ0v) is 16.7. The van der Waals surface area contributed by atoms with E-state index in [0.717, 1.165) is 23.4 Å². The zero-order chi connectivity index (χ0) is 21.4. The first-order valence-electron chi connectivity index (χ1n) is 9.12. The molecule has 0 bridgehead atoms. The van der Waals surface area contributed by atoms with Crippen molar-refractivity contribution >= 4 is 28.9 Å². The van der Waals surface area contributed by atoms with E-state index in [-0.39, 0.29) is 5.11 Å². The molecule has 4 nitrogen and oxygen atoms in total. The Morgan fingerprint density at radius 2 is 1.67 bits per heavy atom. The van der Waals surface area contributed by atoms with Gasteiger partial charge < -0.3 is 10.6 Å². The third kappa shape index (κ3) is 6.66. The number of nitrogens with one attached hydrogen (secondary N) is 2. The summed E-state index contributed by atoms with van der Waals surface area (Å²) in [5.74, 6) is 0.518. The Hall–Kier alpha value is -3.26. The van der Waals surface area contributed by atoms with E-state index in [1.165, 1.54) is 12.1 Å². The number of alkyl halides is 3. The van der Waals surface area contributed by atoms with Crippen LogP contribution in [0.2, 0.25) is 0 Å². The Kier molecular flexibility index (Phi) is 7.13. The van der Waals surface area contributed by atoms with E-state index in [9.17, 15) is 13.2 Å². The first-order valence-corrected chi connectivity index (χ1v) is 9.53. The van der Waals surface area contributed by atoms with E-state index in [0.29, 0.717) is 24.4 Å². The van der Waals surface area contributed by atoms with Crippen LogP contribution in [0.4, 0.5) is 18.9 Å². The smallest absolute Gasteiger partial charge is 0.357 e. The molecule has 0 aliphatic carbocycles. The number of aliphatic imine (C=N–C) groups is 1. The van der Waals surface area contributed by atoms with Crippen molar-refractivity contribution in [2.24, 2.45) is 4.99 Å². The van der Waals surface area contributed by atoms with Crippen molar-refractivity contribution in [2.75, 3.05) is 5.32 Å². The summed E-state index contributed by atoms with van der Waals surface area (Å²) in [6, 6.07) is 18.1. The fourth-order valence-corrected chi connectivity index (χ4v) is 2.83. The van der Waals surface area contributed by atoms with Crippen LogP contribution in [0.3, 0.4) is 0 Å². The van der Waals surface area contributed by atoms with Crippen molar-refractivity contribution in [1.82, 2.24) is 10.3 Å². The number of nitrogens with zero attached hydrogens (tertiary/aromatic N) is 2. The number of pyridine rings is 1. The highest BCUT2D eigenvalue weighted by molar-refractivity contribution is 7.80. The van der Waals surface area contributed by atoms with Crippen molar-refractivity contribution in [1.29, 1.82) is 0 Å². The number of rotatable bonds is 5. The van der Waals surface area contributed by atoms with Gasteiger partial charge >= 0.3 is 6.18 Å². The number of para-hydroxylation sites is 1. The summed E-state index contributed by atoms with van der Waals surface area (Å²) in [5, 5.41) is 6.50. The number of anilines is 1. The first-order chi connectivity index (χ1) is 14.4. The van der Waals surface area contributed by atoms with Crippen LogP contribution >= 0.6 is 12.2 Å². The van der Waals surface area contributed by atoms with E-state index < -0.39 is 11.7 Å². The molecular formula is C22H19F3N4S. The van der Waals surface area contributed by atoms with Gasteiger partial charge in [-0.2, -0.15) is 13.2 Å². The first kappa shape index (κ1) is 21.4. The highest BCUT2D eigenvalue weighted by Crippen LogP contribution is 2.29. The summed E-state index contributed by atoms with van der Waals surface area (Å²) in [7, 11) is 0. The van der Waals surface area contributed by atoms with Crippen molar-refractivity contribution < 1.29 is 13.2 Å². The van der Waals surface area contributed by atoms with Gasteiger partial charge in [0.25, 0.3) is 0 Å². The van der Waals surface area contributed by atoms with Gasteiger partial charge in [-0.25, -0.2) is 4.99 Å². The molecule has 1 aromatic heterocycles. The Bertz CT molecular complexity index is 988. The third-order valence-corrected chi connectivity index (χ3v) is 4.35. The minimum absolute atomic E-state index is 0.268. The maximum Gasteiger partial charge on any atom is 0.416 e. The molecule has 0 radical (unpaired) electrons. The van der Waals surface area contributed by atoms with Crippen molar-refractivity contribution in [3.05, 3.63) is 95.8 Å². The average molecular weight is 428 g/mol. The van der Waals surface area contributed by atoms with E-state index in [1.54, 1.807) is 12.4 Å². The molecule has 0 saturated heterocycles. The fourth-order valence-electron chi connectivity index (χ4n) is 2.65. The number of benzene rings is 2. The van der Waals surface area contributed by atoms with Gasteiger partial charge in [-0.3, -0.25) is 4.98 Å². The van der Waals surface area contributed by atoms with Crippen LogP contribution in [0.1, 0.15) is 16.7 Å². The minimum atomic E-state index is -4.37. The molecule has 0 amide bonds. The second kappa shape index (κ2) is 9.98. The molecule has 2 N–H and O–H groups in total. The molecule has 0 saturated carbocycles. The predicted octanol–water partition coefficient (Wildman–Crippen LogP) is 5.23. The molecule has 0 aliphatic rings. The Balaban J connectivity index is 1.74. The molecule has 3 rings (SSSR count). The fraction of sp³-hybridized carbons (Fsp3) is 0.136. The Labute approximate surface area is 177 Å². The van der Waals surface area contributed by atoms with Crippen molar-refractivity contribution in [3.8, 4) is 0 Å². The monoisotopic (exact) mass is 428 g/mol. The number of hydrogen-bond donors (Lipinski definition) is 2. The van der Waals surface area contributed by atoms with Crippen LogP contribution in [-0.4, -0.2) is 15.9 Å². The quantitative estimate of drug-likeness (QED) is 0.332. The van der Waals surface area contributed by atoms with Gasteiger partial charge in [-0.1, -0.05) is 36.4 Å². The highest BCUT2D eigenvalue weighted by atomic mass is 32.1. The van der Waals surface area contributed by atoms with Crippen LogP contribution in [0.5, 0.6) is 0 Å². The van der Waals surface area contributed by atoms with Gasteiger partial charge in [0.05, 0.1) is 5.56 Å². The van der Waals surface area contributed by atoms with Gasteiger partial charge in [0.2, 0.25) is 0 Å². The van der Waals surface area contributed by atoms with Crippen molar-refractivity contribution in [2.45, 2.75) is 19.1 Å². The second-order valence-electron chi connectivity index (χ2n) is 6.44. The molecule has 0 atom stereocenters. The minimum Gasteiger partial charge on any atom is -0.357 e. The Morgan fingerprint density at radius 1 is 0.933 bits per heavy atom. The molecule has 30 heavy (non-hydrogen) atoms. The van der Waals surface area contributed by atoms with Crippen LogP contribution in [0, 0.1) is 0 Å². The number of halogens is 3. The number of hydrogen-bond acceptors (Lipinski definition) is 2. The molecular weight excluding hydrogens is 409 g/mol. The van der Waals surface area contributed by atoms with Crippen LogP contribution < -0.4 is 10.6 Å². The maximum absolute atomic E-state index is 12.8. The number of aromatic nitrogens is 1. The SMILES string of the molecule is FC(F)(F)c1ccc(C/C(=N/C(=S)NCc2cccnc2)Nc2ccccc2)cc1. The summed E-state index contributed by atoms with van der Waals surface area (Å²) in [5.41, 5.74) is 1.75. The maximum atomic E-state index is 12.8. The summed E-state index contributed by atoms with van der Waals surface area (Å²) < 4.78 is 38.4. The lowest BCUT2D eigenvalue weighted by Gasteiger charge is -2.12. The molecule has 8 heteroatoms. The second-order valence-corrected chi connectivity index (χ2v) is 6.83. The molecule has 2 aromatic carbocycles.